The standard InChI is InChI=1S/C12H15FN2O2/c1-12(2,3)15-11(17)10(16)14-9-6-4-5-8(13)7-9/h4-7H,1-3H3,(H,14,16)(H,15,17). The zero-order valence-corrected chi connectivity index (χ0v) is 10.0. The van der Waals surface area contributed by atoms with Crippen molar-refractivity contribution in [2.24, 2.45) is 0 Å². The van der Waals surface area contributed by atoms with Crippen LogP contribution in [-0.4, -0.2) is 17.4 Å². The first-order valence-corrected chi connectivity index (χ1v) is 5.17. The first kappa shape index (κ1) is 13.2. The van der Waals surface area contributed by atoms with Crippen LogP contribution < -0.4 is 10.6 Å². The van der Waals surface area contributed by atoms with Crippen LogP contribution in [0.1, 0.15) is 20.8 Å². The molecule has 0 saturated heterocycles. The summed E-state index contributed by atoms with van der Waals surface area (Å²) in [5, 5.41) is 4.82. The Hall–Kier alpha value is -1.91. The Morgan fingerprint density at radius 3 is 2.35 bits per heavy atom. The maximum atomic E-state index is 12.8. The quantitative estimate of drug-likeness (QED) is 0.731. The van der Waals surface area contributed by atoms with Crippen molar-refractivity contribution in [3.05, 3.63) is 30.1 Å². The topological polar surface area (TPSA) is 58.2 Å². The fraction of sp³-hybridized carbons (Fsp3) is 0.333. The Balaban J connectivity index is 2.64. The number of carbonyl (C=O) groups excluding carboxylic acids is 2. The third kappa shape index (κ3) is 4.63. The highest BCUT2D eigenvalue weighted by atomic mass is 19.1. The van der Waals surface area contributed by atoms with Gasteiger partial charge in [-0.2, -0.15) is 0 Å². The number of benzene rings is 1. The molecule has 0 spiro atoms. The fourth-order valence-electron chi connectivity index (χ4n) is 1.15. The normalized spacial score (nSPS) is 10.8. The second-order valence-corrected chi connectivity index (χ2v) is 4.67. The molecule has 0 aliphatic rings. The SMILES string of the molecule is CC(C)(C)NC(=O)C(=O)Nc1cccc(F)c1. The third-order valence-corrected chi connectivity index (χ3v) is 1.78. The molecular formula is C12H15FN2O2. The van der Waals surface area contributed by atoms with Crippen LogP contribution in [0.25, 0.3) is 0 Å². The Morgan fingerprint density at radius 2 is 1.82 bits per heavy atom. The first-order chi connectivity index (χ1) is 7.78. The van der Waals surface area contributed by atoms with Crippen LogP contribution in [-0.2, 0) is 9.59 Å². The average Bonchev–Trinajstić information content (AvgIpc) is 2.14. The lowest BCUT2D eigenvalue weighted by atomic mass is 10.1. The summed E-state index contributed by atoms with van der Waals surface area (Å²) in [5.74, 6) is -2.04. The molecule has 4 nitrogen and oxygen atoms in total. The van der Waals surface area contributed by atoms with Crippen LogP contribution in [0.4, 0.5) is 10.1 Å². The van der Waals surface area contributed by atoms with Gasteiger partial charge in [0.05, 0.1) is 0 Å². The molecule has 0 radical (unpaired) electrons. The number of amides is 2. The highest BCUT2D eigenvalue weighted by Crippen LogP contribution is 2.09. The largest absolute Gasteiger partial charge is 0.343 e. The number of hydrogen-bond acceptors (Lipinski definition) is 2. The van der Waals surface area contributed by atoms with E-state index in [1.165, 1.54) is 18.2 Å². The van der Waals surface area contributed by atoms with Gasteiger partial charge >= 0.3 is 11.8 Å². The van der Waals surface area contributed by atoms with E-state index >= 15 is 0 Å². The molecule has 0 atom stereocenters. The number of halogens is 1. The number of anilines is 1. The average molecular weight is 238 g/mol. The summed E-state index contributed by atoms with van der Waals surface area (Å²) in [7, 11) is 0. The summed E-state index contributed by atoms with van der Waals surface area (Å²) in [6.07, 6.45) is 0. The highest BCUT2D eigenvalue weighted by molar-refractivity contribution is 6.39. The molecule has 0 heterocycles. The molecule has 1 aromatic rings. The summed E-state index contributed by atoms with van der Waals surface area (Å²) < 4.78 is 12.8. The van der Waals surface area contributed by atoms with Gasteiger partial charge < -0.3 is 10.6 Å². The molecule has 0 aliphatic carbocycles. The lowest BCUT2D eigenvalue weighted by Gasteiger charge is -2.19. The molecule has 17 heavy (non-hydrogen) atoms. The zero-order chi connectivity index (χ0) is 13.1. The van der Waals surface area contributed by atoms with Gasteiger partial charge in [0.1, 0.15) is 5.82 Å². The highest BCUT2D eigenvalue weighted by Gasteiger charge is 2.20. The van der Waals surface area contributed by atoms with E-state index in [4.69, 9.17) is 0 Å². The predicted octanol–water partition coefficient (Wildman–Crippen LogP) is 1.68. The lowest BCUT2D eigenvalue weighted by molar-refractivity contribution is -0.137. The van der Waals surface area contributed by atoms with Gasteiger partial charge in [0.2, 0.25) is 0 Å². The molecule has 2 N–H and O–H groups in total. The van der Waals surface area contributed by atoms with Crippen molar-refractivity contribution < 1.29 is 14.0 Å². The summed E-state index contributed by atoms with van der Waals surface area (Å²) in [6.45, 7) is 5.29. The van der Waals surface area contributed by atoms with Gasteiger partial charge in [-0.15, -0.1) is 0 Å². The summed E-state index contributed by atoms with van der Waals surface area (Å²) in [6, 6.07) is 5.35. The fourth-order valence-corrected chi connectivity index (χ4v) is 1.15. The maximum Gasteiger partial charge on any atom is 0.313 e. The van der Waals surface area contributed by atoms with E-state index in [2.05, 4.69) is 10.6 Å². The van der Waals surface area contributed by atoms with Crippen LogP contribution in [0.5, 0.6) is 0 Å². The minimum atomic E-state index is -0.814. The maximum absolute atomic E-state index is 12.8. The first-order valence-electron chi connectivity index (χ1n) is 5.17. The van der Waals surface area contributed by atoms with Crippen molar-refractivity contribution in [2.75, 3.05) is 5.32 Å². The van der Waals surface area contributed by atoms with E-state index in [-0.39, 0.29) is 5.69 Å². The van der Waals surface area contributed by atoms with Gasteiger partial charge in [0.25, 0.3) is 0 Å². The summed E-state index contributed by atoms with van der Waals surface area (Å²) in [4.78, 5) is 22.9. The van der Waals surface area contributed by atoms with Crippen LogP contribution in [0.3, 0.4) is 0 Å². The van der Waals surface area contributed by atoms with Crippen molar-refractivity contribution in [1.82, 2.24) is 5.32 Å². The van der Waals surface area contributed by atoms with Crippen molar-refractivity contribution in [2.45, 2.75) is 26.3 Å². The number of rotatable bonds is 1. The van der Waals surface area contributed by atoms with E-state index < -0.39 is 23.2 Å². The van der Waals surface area contributed by atoms with Crippen LogP contribution in [0.15, 0.2) is 24.3 Å². The smallest absolute Gasteiger partial charge is 0.313 e. The van der Waals surface area contributed by atoms with Crippen molar-refractivity contribution >= 4 is 17.5 Å². The summed E-state index contributed by atoms with van der Waals surface area (Å²) >= 11 is 0. The van der Waals surface area contributed by atoms with Gasteiger partial charge in [-0.05, 0) is 39.0 Å². The van der Waals surface area contributed by atoms with Gasteiger partial charge in [0, 0.05) is 11.2 Å². The number of carbonyl (C=O) groups is 2. The molecular weight excluding hydrogens is 223 g/mol. The molecule has 5 heteroatoms. The summed E-state index contributed by atoms with van der Waals surface area (Å²) in [5.41, 5.74) is -0.241. The molecule has 0 saturated carbocycles. The predicted molar refractivity (Wildman–Crippen MR) is 62.9 cm³/mol. The van der Waals surface area contributed by atoms with E-state index in [1.54, 1.807) is 20.8 Å². The Kier molecular flexibility index (Phi) is 3.83. The minimum Gasteiger partial charge on any atom is -0.343 e. The van der Waals surface area contributed by atoms with E-state index in [1.807, 2.05) is 0 Å². The molecule has 0 bridgehead atoms. The second-order valence-electron chi connectivity index (χ2n) is 4.67. The van der Waals surface area contributed by atoms with Crippen molar-refractivity contribution in [1.29, 1.82) is 0 Å². The lowest BCUT2D eigenvalue weighted by Crippen LogP contribution is -2.46. The Morgan fingerprint density at radius 1 is 1.18 bits per heavy atom. The molecule has 0 unspecified atom stereocenters. The molecule has 1 aromatic carbocycles. The van der Waals surface area contributed by atoms with Gasteiger partial charge in [-0.3, -0.25) is 9.59 Å². The molecule has 0 fully saturated rings. The Bertz CT molecular complexity index is 438. The van der Waals surface area contributed by atoms with E-state index in [0.29, 0.717) is 0 Å². The van der Waals surface area contributed by atoms with E-state index in [0.717, 1.165) is 6.07 Å². The Labute approximate surface area is 99.2 Å². The zero-order valence-electron chi connectivity index (χ0n) is 10.0. The molecule has 2 amide bonds. The monoisotopic (exact) mass is 238 g/mol. The van der Waals surface area contributed by atoms with Crippen molar-refractivity contribution in [3.63, 3.8) is 0 Å². The third-order valence-electron chi connectivity index (χ3n) is 1.78. The van der Waals surface area contributed by atoms with Crippen LogP contribution >= 0.6 is 0 Å². The minimum absolute atomic E-state index is 0.249. The molecule has 1 rings (SSSR count). The van der Waals surface area contributed by atoms with Gasteiger partial charge in [-0.25, -0.2) is 4.39 Å². The van der Waals surface area contributed by atoms with Gasteiger partial charge in [-0.1, -0.05) is 6.07 Å². The van der Waals surface area contributed by atoms with Crippen LogP contribution in [0, 0.1) is 5.82 Å². The number of nitrogens with one attached hydrogen (secondary N) is 2. The van der Waals surface area contributed by atoms with Crippen LogP contribution in [0.2, 0.25) is 0 Å². The molecule has 0 aliphatic heterocycles. The molecule has 92 valence electrons. The van der Waals surface area contributed by atoms with Gasteiger partial charge in [0.15, 0.2) is 0 Å². The van der Waals surface area contributed by atoms with Crippen molar-refractivity contribution in [3.8, 4) is 0 Å². The molecule has 0 aromatic heterocycles. The van der Waals surface area contributed by atoms with E-state index in [9.17, 15) is 14.0 Å². The second kappa shape index (κ2) is 4.95. The number of hydrogen-bond donors (Lipinski definition) is 2.